The first-order valence-electron chi connectivity index (χ1n) is 9.92. The molecule has 3 rings (SSSR count). The fourth-order valence-corrected chi connectivity index (χ4v) is 4.15. The highest BCUT2D eigenvalue weighted by molar-refractivity contribution is 8.00. The molecule has 0 spiro atoms. The molecular formula is C24H25N3O2S2. The van der Waals surface area contributed by atoms with Gasteiger partial charge in [-0.15, -0.1) is 11.8 Å². The molecular weight excluding hydrogens is 426 g/mol. The second-order valence-electron chi connectivity index (χ2n) is 6.68. The predicted octanol–water partition coefficient (Wildman–Crippen LogP) is 6.01. The highest BCUT2D eigenvalue weighted by Crippen LogP contribution is 2.29. The molecule has 5 nitrogen and oxygen atoms in total. The fraction of sp³-hybridized carbons (Fsp3) is 0.167. The standard InChI is InChI=1S/C24H25N3O2S2/c1-3-22(23(28)25-17-10-5-4-6-11-17)31-19-13-9-12-18(16-19)26-24(30)27-20-14-7-8-15-21(20)29-2/h4-16,22H,3H2,1-2H3,(H,25,28)(H2,26,27,30). The number of anilines is 3. The van der Waals surface area contributed by atoms with E-state index in [-0.39, 0.29) is 11.2 Å². The molecule has 0 radical (unpaired) electrons. The Kier molecular flexibility index (Phi) is 8.32. The summed E-state index contributed by atoms with van der Waals surface area (Å²) >= 11 is 6.98. The Labute approximate surface area is 192 Å². The number of nitrogens with one attached hydrogen (secondary N) is 3. The van der Waals surface area contributed by atoms with Crippen LogP contribution < -0.4 is 20.7 Å². The van der Waals surface area contributed by atoms with Crippen molar-refractivity contribution in [2.45, 2.75) is 23.5 Å². The maximum atomic E-state index is 12.7. The third kappa shape index (κ3) is 6.73. The normalized spacial score (nSPS) is 11.3. The quantitative estimate of drug-likeness (QED) is 0.288. The lowest BCUT2D eigenvalue weighted by molar-refractivity contribution is -0.115. The van der Waals surface area contributed by atoms with Crippen molar-refractivity contribution in [1.82, 2.24) is 0 Å². The van der Waals surface area contributed by atoms with E-state index in [1.165, 1.54) is 11.8 Å². The second kappa shape index (κ2) is 11.4. The van der Waals surface area contributed by atoms with Crippen LogP contribution in [0.3, 0.4) is 0 Å². The van der Waals surface area contributed by atoms with Crippen molar-refractivity contribution in [2.24, 2.45) is 0 Å². The van der Waals surface area contributed by atoms with Crippen molar-refractivity contribution >= 4 is 52.1 Å². The molecule has 0 aromatic heterocycles. The Morgan fingerprint density at radius 2 is 1.65 bits per heavy atom. The van der Waals surface area contributed by atoms with Crippen LogP contribution in [0.4, 0.5) is 17.1 Å². The summed E-state index contributed by atoms with van der Waals surface area (Å²) in [5, 5.41) is 9.58. The molecule has 1 amide bonds. The van der Waals surface area contributed by atoms with Gasteiger partial charge in [0.1, 0.15) is 5.75 Å². The van der Waals surface area contributed by atoms with E-state index in [4.69, 9.17) is 17.0 Å². The molecule has 0 aliphatic carbocycles. The Morgan fingerprint density at radius 3 is 2.39 bits per heavy atom. The zero-order valence-electron chi connectivity index (χ0n) is 17.4. The summed E-state index contributed by atoms with van der Waals surface area (Å²) in [6.07, 6.45) is 0.717. The van der Waals surface area contributed by atoms with Gasteiger partial charge in [0.2, 0.25) is 5.91 Å². The van der Waals surface area contributed by atoms with E-state index in [9.17, 15) is 4.79 Å². The summed E-state index contributed by atoms with van der Waals surface area (Å²) in [4.78, 5) is 13.7. The van der Waals surface area contributed by atoms with Gasteiger partial charge in [-0.05, 0) is 61.1 Å². The van der Waals surface area contributed by atoms with Crippen LogP contribution in [0.15, 0.2) is 83.8 Å². The van der Waals surface area contributed by atoms with Crippen LogP contribution in [0.1, 0.15) is 13.3 Å². The lowest BCUT2D eigenvalue weighted by Crippen LogP contribution is -2.24. The van der Waals surface area contributed by atoms with Gasteiger partial charge in [0.05, 0.1) is 18.0 Å². The first kappa shape index (κ1) is 22.7. The number of carbonyl (C=O) groups excluding carboxylic acids is 1. The monoisotopic (exact) mass is 451 g/mol. The Morgan fingerprint density at radius 1 is 0.935 bits per heavy atom. The number of para-hydroxylation sites is 3. The number of amides is 1. The maximum Gasteiger partial charge on any atom is 0.237 e. The van der Waals surface area contributed by atoms with Crippen molar-refractivity contribution in [1.29, 1.82) is 0 Å². The largest absolute Gasteiger partial charge is 0.495 e. The third-order valence-electron chi connectivity index (χ3n) is 4.43. The topological polar surface area (TPSA) is 62.4 Å². The average molecular weight is 452 g/mol. The van der Waals surface area contributed by atoms with Gasteiger partial charge in [0, 0.05) is 16.3 Å². The average Bonchev–Trinajstić information content (AvgIpc) is 2.78. The third-order valence-corrected chi connectivity index (χ3v) is 5.99. The number of hydrogen-bond donors (Lipinski definition) is 3. The smallest absolute Gasteiger partial charge is 0.237 e. The minimum atomic E-state index is -0.200. The summed E-state index contributed by atoms with van der Waals surface area (Å²) in [6, 6.07) is 24.9. The SMILES string of the molecule is CCC(Sc1cccc(NC(=S)Nc2ccccc2OC)c1)C(=O)Nc1ccccc1. The number of rotatable bonds is 8. The van der Waals surface area contributed by atoms with Crippen molar-refractivity contribution in [3.63, 3.8) is 0 Å². The summed E-state index contributed by atoms with van der Waals surface area (Å²) in [6.45, 7) is 2.01. The van der Waals surface area contributed by atoms with Crippen LogP contribution >= 0.6 is 24.0 Å². The number of hydrogen-bond acceptors (Lipinski definition) is 4. The van der Waals surface area contributed by atoms with E-state index in [2.05, 4.69) is 16.0 Å². The molecule has 0 fully saturated rings. The molecule has 0 saturated carbocycles. The molecule has 0 aliphatic rings. The first-order valence-corrected chi connectivity index (χ1v) is 11.2. The lowest BCUT2D eigenvalue weighted by Gasteiger charge is -2.16. The van der Waals surface area contributed by atoms with Gasteiger partial charge in [-0.2, -0.15) is 0 Å². The maximum absolute atomic E-state index is 12.7. The summed E-state index contributed by atoms with van der Waals surface area (Å²) in [5.74, 6) is 0.705. The van der Waals surface area contributed by atoms with E-state index >= 15 is 0 Å². The van der Waals surface area contributed by atoms with Crippen LogP contribution in [-0.2, 0) is 4.79 Å². The van der Waals surface area contributed by atoms with Crippen LogP contribution in [-0.4, -0.2) is 23.4 Å². The number of ether oxygens (including phenoxy) is 1. The Bertz CT molecular complexity index is 1030. The van der Waals surface area contributed by atoms with Gasteiger partial charge in [-0.25, -0.2) is 0 Å². The van der Waals surface area contributed by atoms with Crippen molar-refractivity contribution in [3.8, 4) is 5.75 Å². The molecule has 0 bridgehead atoms. The number of benzene rings is 3. The molecule has 160 valence electrons. The molecule has 1 atom stereocenters. The molecule has 3 aromatic rings. The van der Waals surface area contributed by atoms with Crippen molar-refractivity contribution < 1.29 is 9.53 Å². The van der Waals surface area contributed by atoms with Gasteiger partial charge in [0.25, 0.3) is 0 Å². The molecule has 0 heterocycles. The minimum absolute atomic E-state index is 0.00887. The zero-order chi connectivity index (χ0) is 22.1. The number of thiocarbonyl (C=S) groups is 1. The van der Waals surface area contributed by atoms with Crippen molar-refractivity contribution in [2.75, 3.05) is 23.1 Å². The first-order chi connectivity index (χ1) is 15.1. The molecule has 1 unspecified atom stereocenters. The fourth-order valence-electron chi connectivity index (χ4n) is 2.91. The van der Waals surface area contributed by atoms with Gasteiger partial charge < -0.3 is 20.7 Å². The minimum Gasteiger partial charge on any atom is -0.495 e. The van der Waals surface area contributed by atoms with E-state index < -0.39 is 0 Å². The van der Waals surface area contributed by atoms with Gasteiger partial charge in [-0.3, -0.25) is 4.79 Å². The molecule has 3 N–H and O–H groups in total. The molecule has 0 saturated heterocycles. The Balaban J connectivity index is 1.62. The number of carbonyl (C=O) groups is 1. The van der Waals surface area contributed by atoms with E-state index in [0.29, 0.717) is 10.9 Å². The summed E-state index contributed by atoms with van der Waals surface area (Å²) < 4.78 is 5.35. The van der Waals surface area contributed by atoms with E-state index in [1.807, 2.05) is 85.8 Å². The van der Waals surface area contributed by atoms with Crippen LogP contribution in [0.2, 0.25) is 0 Å². The van der Waals surface area contributed by atoms with Crippen LogP contribution in [0, 0.1) is 0 Å². The summed E-state index contributed by atoms with van der Waals surface area (Å²) in [5.41, 5.74) is 2.43. The highest BCUT2D eigenvalue weighted by Gasteiger charge is 2.18. The number of thioether (sulfide) groups is 1. The second-order valence-corrected chi connectivity index (χ2v) is 8.36. The molecule has 31 heavy (non-hydrogen) atoms. The van der Waals surface area contributed by atoms with Gasteiger partial charge in [-0.1, -0.05) is 43.3 Å². The summed E-state index contributed by atoms with van der Waals surface area (Å²) in [7, 11) is 1.62. The van der Waals surface area contributed by atoms with Gasteiger partial charge in [0.15, 0.2) is 5.11 Å². The zero-order valence-corrected chi connectivity index (χ0v) is 19.1. The van der Waals surface area contributed by atoms with E-state index in [0.717, 1.165) is 28.4 Å². The van der Waals surface area contributed by atoms with Crippen LogP contribution in [0.5, 0.6) is 5.75 Å². The van der Waals surface area contributed by atoms with E-state index in [1.54, 1.807) is 7.11 Å². The Hall–Kier alpha value is -3.03. The number of methoxy groups -OCH3 is 1. The molecule has 3 aromatic carbocycles. The lowest BCUT2D eigenvalue weighted by atomic mass is 10.3. The molecule has 0 aliphatic heterocycles. The van der Waals surface area contributed by atoms with Gasteiger partial charge >= 0.3 is 0 Å². The predicted molar refractivity (Wildman–Crippen MR) is 134 cm³/mol. The molecule has 7 heteroatoms. The van der Waals surface area contributed by atoms with Crippen LogP contribution in [0.25, 0.3) is 0 Å². The highest BCUT2D eigenvalue weighted by atomic mass is 32.2. The van der Waals surface area contributed by atoms with Crippen molar-refractivity contribution in [3.05, 3.63) is 78.9 Å².